The number of phosphoric acid groups is 1. The fraction of sp³-hybridized carbons (Fsp3) is 0.683. The van der Waals surface area contributed by atoms with E-state index in [0.717, 1.165) is 44.9 Å². The first-order valence-electron chi connectivity index (χ1n) is 19.6. The van der Waals surface area contributed by atoms with Gasteiger partial charge >= 0.3 is 7.82 Å². The van der Waals surface area contributed by atoms with E-state index in [4.69, 9.17) is 14.8 Å². The van der Waals surface area contributed by atoms with Gasteiger partial charge in [0.1, 0.15) is 0 Å². The number of phosphoric ester groups is 1. The molecule has 0 aliphatic heterocycles. The summed E-state index contributed by atoms with van der Waals surface area (Å²) >= 11 is 0. The van der Waals surface area contributed by atoms with Crippen molar-refractivity contribution in [3.8, 4) is 0 Å². The van der Waals surface area contributed by atoms with Crippen LogP contribution in [-0.4, -0.2) is 47.8 Å². The van der Waals surface area contributed by atoms with Gasteiger partial charge in [0.25, 0.3) is 0 Å². The molecule has 0 radical (unpaired) electrons. The van der Waals surface area contributed by atoms with E-state index in [0.29, 0.717) is 6.42 Å². The average molecular weight is 721 g/mol. The molecule has 3 unspecified atom stereocenters. The Morgan fingerprint density at radius 1 is 0.680 bits per heavy atom. The largest absolute Gasteiger partial charge is 0.472 e. The highest BCUT2D eigenvalue weighted by Crippen LogP contribution is 2.43. The summed E-state index contributed by atoms with van der Waals surface area (Å²) in [6.45, 7) is 3.91. The molecule has 0 fully saturated rings. The summed E-state index contributed by atoms with van der Waals surface area (Å²) in [7, 11) is -4.36. The van der Waals surface area contributed by atoms with Gasteiger partial charge in [-0.1, -0.05) is 157 Å². The Balaban J connectivity index is 4.45. The first-order chi connectivity index (χ1) is 24.4. The lowest BCUT2D eigenvalue weighted by molar-refractivity contribution is -0.122. The smallest absolute Gasteiger partial charge is 0.387 e. The molecule has 5 N–H and O–H groups in total. The Hall–Kier alpha value is -2.06. The van der Waals surface area contributed by atoms with Crippen LogP contribution in [0.2, 0.25) is 0 Å². The molecular formula is C41H73N2O6P. The summed E-state index contributed by atoms with van der Waals surface area (Å²) in [6.07, 6.45) is 46.9. The van der Waals surface area contributed by atoms with E-state index in [1.807, 2.05) is 18.2 Å². The van der Waals surface area contributed by atoms with Gasteiger partial charge in [0.05, 0.1) is 25.4 Å². The maximum Gasteiger partial charge on any atom is 0.472 e. The van der Waals surface area contributed by atoms with E-state index in [1.165, 1.54) is 77.0 Å². The van der Waals surface area contributed by atoms with Gasteiger partial charge in [-0.15, -0.1) is 0 Å². The molecule has 0 saturated carbocycles. The molecule has 8 nitrogen and oxygen atoms in total. The lowest BCUT2D eigenvalue weighted by Gasteiger charge is -2.23. The lowest BCUT2D eigenvalue weighted by atomic mass is 10.0. The molecular weight excluding hydrogens is 647 g/mol. The van der Waals surface area contributed by atoms with E-state index >= 15 is 0 Å². The maximum atomic E-state index is 12.6. The van der Waals surface area contributed by atoms with Gasteiger partial charge in [-0.05, 0) is 57.8 Å². The Labute approximate surface area is 306 Å². The molecule has 50 heavy (non-hydrogen) atoms. The van der Waals surface area contributed by atoms with Crippen LogP contribution < -0.4 is 11.1 Å². The molecule has 0 saturated heterocycles. The van der Waals surface area contributed by atoms with Gasteiger partial charge < -0.3 is 21.1 Å². The number of aliphatic hydroxyl groups is 1. The lowest BCUT2D eigenvalue weighted by Crippen LogP contribution is -2.45. The minimum Gasteiger partial charge on any atom is -0.387 e. The summed E-state index contributed by atoms with van der Waals surface area (Å²) in [5, 5.41) is 13.5. The van der Waals surface area contributed by atoms with Gasteiger partial charge in [0.15, 0.2) is 0 Å². The Morgan fingerprint density at radius 3 is 1.76 bits per heavy atom. The number of amides is 1. The molecule has 3 atom stereocenters. The van der Waals surface area contributed by atoms with Crippen LogP contribution in [0.1, 0.15) is 149 Å². The van der Waals surface area contributed by atoms with Crippen LogP contribution in [0.25, 0.3) is 0 Å². The predicted octanol–water partition coefficient (Wildman–Crippen LogP) is 10.5. The summed E-state index contributed by atoms with van der Waals surface area (Å²) in [6, 6.07) is -0.917. The number of nitrogens with two attached hydrogens (primary N) is 1. The molecule has 9 heteroatoms. The number of nitrogens with one attached hydrogen (secondary N) is 1. The third kappa shape index (κ3) is 34.4. The number of hydrogen-bond donors (Lipinski definition) is 4. The SMILES string of the molecule is CC/C=C\C/C=C\C/C=C\C/C=C\CCC(=O)NC(COP(=O)(O)OCCN)C(O)/C=C/CC/C=C/CCCCCCCCCCCCCC. The van der Waals surface area contributed by atoms with Crippen molar-refractivity contribution in [2.75, 3.05) is 19.8 Å². The highest BCUT2D eigenvalue weighted by atomic mass is 31.2. The van der Waals surface area contributed by atoms with Crippen molar-refractivity contribution in [3.05, 3.63) is 72.9 Å². The molecule has 0 aromatic carbocycles. The number of rotatable bonds is 35. The predicted molar refractivity (Wildman–Crippen MR) is 212 cm³/mol. The first kappa shape index (κ1) is 47.9. The Morgan fingerprint density at radius 2 is 1.18 bits per heavy atom. The molecule has 0 aromatic rings. The van der Waals surface area contributed by atoms with Crippen molar-refractivity contribution in [3.63, 3.8) is 0 Å². The second kappa shape index (κ2) is 36.7. The zero-order chi connectivity index (χ0) is 36.8. The molecule has 0 rings (SSSR count). The normalized spacial score (nSPS) is 15.1. The van der Waals surface area contributed by atoms with Gasteiger partial charge in [0.2, 0.25) is 5.91 Å². The molecule has 1 amide bonds. The molecule has 0 aliphatic carbocycles. The Bertz CT molecular complexity index is 1010. The van der Waals surface area contributed by atoms with E-state index in [2.05, 4.69) is 67.8 Å². The number of carbonyl (C=O) groups is 1. The number of hydrogen-bond acceptors (Lipinski definition) is 6. The highest BCUT2D eigenvalue weighted by Gasteiger charge is 2.26. The van der Waals surface area contributed by atoms with E-state index in [9.17, 15) is 19.4 Å². The van der Waals surface area contributed by atoms with Crippen molar-refractivity contribution >= 4 is 13.7 Å². The van der Waals surface area contributed by atoms with Crippen LogP contribution in [-0.2, 0) is 18.4 Å². The standard InChI is InChI=1S/C41H73N2O6P/c1-3-5-7-9-11-13-15-17-18-19-20-21-23-24-26-28-30-32-34-40(44)39(38-49-50(46,47)48-37-36-42)43-41(45)35-33-31-29-27-25-22-16-14-12-10-8-6-4-2/h6,8,12,14,22,24-26,29,31-32,34,39-40,44H,3-5,7,9-11,13,15-21,23,27-28,30,33,35-38,42H2,1-2H3,(H,43,45)(H,46,47)/b8-6-,14-12-,25-22-,26-24+,31-29-,34-32+. The van der Waals surface area contributed by atoms with Crippen molar-refractivity contribution < 1.29 is 28.4 Å². The van der Waals surface area contributed by atoms with Crippen molar-refractivity contribution in [1.82, 2.24) is 5.32 Å². The maximum absolute atomic E-state index is 12.6. The van der Waals surface area contributed by atoms with Crippen LogP contribution in [0, 0.1) is 0 Å². The van der Waals surface area contributed by atoms with Gasteiger partial charge in [0, 0.05) is 13.0 Å². The van der Waals surface area contributed by atoms with E-state index < -0.39 is 26.6 Å². The monoisotopic (exact) mass is 721 g/mol. The van der Waals surface area contributed by atoms with E-state index in [-0.39, 0.29) is 25.5 Å². The summed E-state index contributed by atoms with van der Waals surface area (Å²) in [4.78, 5) is 22.5. The molecule has 0 heterocycles. The zero-order valence-electron chi connectivity index (χ0n) is 31.6. The summed E-state index contributed by atoms with van der Waals surface area (Å²) in [5.74, 6) is -0.287. The van der Waals surface area contributed by atoms with Crippen LogP contribution >= 0.6 is 7.82 Å². The van der Waals surface area contributed by atoms with E-state index in [1.54, 1.807) is 6.08 Å². The number of allylic oxidation sites excluding steroid dienone is 11. The quantitative estimate of drug-likeness (QED) is 0.0291. The highest BCUT2D eigenvalue weighted by molar-refractivity contribution is 7.47. The van der Waals surface area contributed by atoms with Crippen molar-refractivity contribution in [1.29, 1.82) is 0 Å². The minimum absolute atomic E-state index is 0.0601. The van der Waals surface area contributed by atoms with Crippen molar-refractivity contribution in [2.45, 2.75) is 161 Å². The van der Waals surface area contributed by atoms with Crippen LogP contribution in [0.4, 0.5) is 0 Å². The minimum atomic E-state index is -4.36. The second-order valence-corrected chi connectivity index (χ2v) is 14.2. The molecule has 0 aromatic heterocycles. The third-order valence-electron chi connectivity index (χ3n) is 8.03. The zero-order valence-corrected chi connectivity index (χ0v) is 32.5. The first-order valence-corrected chi connectivity index (χ1v) is 21.1. The molecule has 0 aliphatic rings. The van der Waals surface area contributed by atoms with Crippen LogP contribution in [0.3, 0.4) is 0 Å². The fourth-order valence-electron chi connectivity index (χ4n) is 5.10. The van der Waals surface area contributed by atoms with Gasteiger partial charge in [-0.2, -0.15) is 0 Å². The molecule has 0 spiro atoms. The molecule has 0 bridgehead atoms. The summed E-state index contributed by atoms with van der Waals surface area (Å²) in [5.41, 5.74) is 5.35. The molecule has 288 valence electrons. The Kier molecular flexibility index (Phi) is 35.2. The number of carbonyl (C=O) groups excluding carboxylic acids is 1. The average Bonchev–Trinajstić information content (AvgIpc) is 3.10. The van der Waals surface area contributed by atoms with Gasteiger partial charge in [-0.25, -0.2) is 4.57 Å². The second-order valence-electron chi connectivity index (χ2n) is 12.7. The van der Waals surface area contributed by atoms with Crippen LogP contribution in [0.15, 0.2) is 72.9 Å². The topological polar surface area (TPSA) is 131 Å². The number of aliphatic hydroxyl groups excluding tert-OH is 1. The van der Waals surface area contributed by atoms with Gasteiger partial charge in [-0.3, -0.25) is 13.8 Å². The van der Waals surface area contributed by atoms with Crippen molar-refractivity contribution in [2.24, 2.45) is 5.73 Å². The number of unbranched alkanes of at least 4 members (excludes halogenated alkanes) is 13. The fourth-order valence-corrected chi connectivity index (χ4v) is 5.86. The van der Waals surface area contributed by atoms with Crippen LogP contribution in [0.5, 0.6) is 0 Å². The summed E-state index contributed by atoms with van der Waals surface area (Å²) < 4.78 is 22.0. The third-order valence-corrected chi connectivity index (χ3v) is 9.01.